The van der Waals surface area contributed by atoms with Crippen LogP contribution in [0, 0.1) is 0 Å². The van der Waals surface area contributed by atoms with E-state index in [9.17, 15) is 0 Å². The average Bonchev–Trinajstić information content (AvgIpc) is 0. The Balaban J connectivity index is 0. The van der Waals surface area contributed by atoms with Gasteiger partial charge in [0, 0.05) is 0 Å². The summed E-state index contributed by atoms with van der Waals surface area (Å²) in [6, 6.07) is 0. The Morgan fingerprint density at radius 1 is 0.750 bits per heavy atom. The van der Waals surface area contributed by atoms with Crippen molar-refractivity contribution in [3.05, 3.63) is 0 Å². The van der Waals surface area contributed by atoms with Crippen molar-refractivity contribution in [2.24, 2.45) is 0 Å². The van der Waals surface area contributed by atoms with E-state index < -0.39 is 0 Å². The molecule has 4 heteroatoms. The van der Waals surface area contributed by atoms with E-state index in [1.54, 1.807) is 0 Å². The Morgan fingerprint density at radius 3 is 0.750 bits per heavy atom. The summed E-state index contributed by atoms with van der Waals surface area (Å²) in [6.07, 6.45) is 0. The maximum absolute atomic E-state index is 0. The zero-order valence-electron chi connectivity index (χ0n) is 2.15. The second-order valence-corrected chi connectivity index (χ2v) is 0. The third kappa shape index (κ3) is 8.82. The largest absolute Gasteiger partial charge is 3.00 e. The first-order chi connectivity index (χ1) is 0. The topological polar surface area (TPSA) is 57.0 Å². The fourth-order valence-electron chi connectivity index (χ4n) is 0. The van der Waals surface area contributed by atoms with Gasteiger partial charge in [0.05, 0.1) is 0 Å². The predicted molar refractivity (Wildman–Crippen MR) is 1.37 cm³/mol. The molecule has 2 nitrogen and oxygen atoms in total. The molecule has 0 bridgehead atoms. The van der Waals surface area contributed by atoms with Crippen LogP contribution in [0.3, 0.4) is 0 Å². The Hall–Kier alpha value is 2.60. The molecular weight excluding hydrogens is 268 g/mol. The maximum Gasteiger partial charge on any atom is 3.00 e. The summed E-state index contributed by atoms with van der Waals surface area (Å²) in [4.78, 5) is 0. The van der Waals surface area contributed by atoms with Gasteiger partial charge >= 0.3 is 88.4 Å². The molecule has 0 aromatic carbocycles. The number of hydrogen-bond donors (Lipinski definition) is 0. The molecular formula is CsO2Rh. The predicted octanol–water partition coefficient (Wildman–Crippen LogP) is -3.24. The molecule has 0 aromatic rings. The Bertz CT molecular complexity index is 6.00. The average molecular weight is 268 g/mol. The van der Waals surface area contributed by atoms with Gasteiger partial charge in [-0.25, -0.2) is 0 Å². The summed E-state index contributed by atoms with van der Waals surface area (Å²) in [5, 5.41) is 0. The van der Waals surface area contributed by atoms with Crippen LogP contribution in [0.5, 0.6) is 0 Å². The minimum Gasteiger partial charge on any atom is -2.00 e. The third-order valence-corrected chi connectivity index (χ3v) is 0. The van der Waals surface area contributed by atoms with Crippen LogP contribution in [0.1, 0.15) is 0 Å². The molecule has 0 spiro atoms. The fourth-order valence-corrected chi connectivity index (χ4v) is 0. The molecule has 0 aliphatic carbocycles. The van der Waals surface area contributed by atoms with Crippen LogP contribution in [0.2, 0.25) is 0 Å². The van der Waals surface area contributed by atoms with Crippen molar-refractivity contribution in [2.75, 3.05) is 0 Å². The molecule has 0 amide bonds. The molecule has 0 atom stereocenters. The summed E-state index contributed by atoms with van der Waals surface area (Å²) in [5.74, 6) is 0. The molecule has 22 valence electrons. The summed E-state index contributed by atoms with van der Waals surface area (Å²) in [5.41, 5.74) is 0. The van der Waals surface area contributed by atoms with Crippen LogP contribution in [0.4, 0.5) is 0 Å². The molecule has 0 aromatic heterocycles. The van der Waals surface area contributed by atoms with Gasteiger partial charge in [0.25, 0.3) is 0 Å². The normalized spacial score (nSPS) is 0. The first-order valence-electron chi connectivity index (χ1n) is 0. The van der Waals surface area contributed by atoms with Crippen molar-refractivity contribution in [1.82, 2.24) is 0 Å². The smallest absolute Gasteiger partial charge is 2.00 e. The molecule has 0 heterocycles. The van der Waals surface area contributed by atoms with E-state index in [0.717, 1.165) is 0 Å². The van der Waals surface area contributed by atoms with E-state index >= 15 is 0 Å². The summed E-state index contributed by atoms with van der Waals surface area (Å²) < 4.78 is 0. The summed E-state index contributed by atoms with van der Waals surface area (Å²) >= 11 is 0. The van der Waals surface area contributed by atoms with E-state index in [-0.39, 0.29) is 99.3 Å². The van der Waals surface area contributed by atoms with E-state index in [1.807, 2.05) is 0 Å². The van der Waals surface area contributed by atoms with Crippen LogP contribution >= 0.6 is 0 Å². The maximum atomic E-state index is 0. The number of rotatable bonds is 0. The summed E-state index contributed by atoms with van der Waals surface area (Å²) in [7, 11) is 0. The van der Waals surface area contributed by atoms with Crippen LogP contribution in [-0.2, 0) is 30.4 Å². The molecule has 4 heavy (non-hydrogen) atoms. The SMILES string of the molecule is [Cs+].[O-2].[O-2].[Rh+3]. The van der Waals surface area contributed by atoms with Gasteiger partial charge in [-0.1, -0.05) is 0 Å². The van der Waals surface area contributed by atoms with Gasteiger partial charge in [0.2, 0.25) is 0 Å². The Labute approximate surface area is 96.5 Å². The quantitative estimate of drug-likeness (QED) is 0.415. The van der Waals surface area contributed by atoms with E-state index in [1.165, 1.54) is 0 Å². The van der Waals surface area contributed by atoms with Gasteiger partial charge in [-0.15, -0.1) is 0 Å². The third-order valence-electron chi connectivity index (χ3n) is 0. The molecule has 0 fully saturated rings. The fraction of sp³-hybridized carbons (Fsp3) is 0. The van der Waals surface area contributed by atoms with E-state index in [4.69, 9.17) is 0 Å². The molecule has 0 rings (SSSR count). The van der Waals surface area contributed by atoms with Crippen molar-refractivity contribution in [1.29, 1.82) is 0 Å². The Kier molecular flexibility index (Phi) is 134. The van der Waals surface area contributed by atoms with Gasteiger partial charge in [-0.2, -0.15) is 0 Å². The second-order valence-electron chi connectivity index (χ2n) is 0. The molecule has 0 saturated carbocycles. The minimum absolute atomic E-state index is 0. The van der Waals surface area contributed by atoms with Crippen molar-refractivity contribution >= 4 is 0 Å². The first-order valence-corrected chi connectivity index (χ1v) is 0. The Morgan fingerprint density at radius 2 is 0.750 bits per heavy atom. The monoisotopic (exact) mass is 268 g/mol. The summed E-state index contributed by atoms with van der Waals surface area (Å²) in [6.45, 7) is 0. The first kappa shape index (κ1) is 30.7. The van der Waals surface area contributed by atoms with Crippen LogP contribution < -0.4 is 68.9 Å². The molecule has 0 unspecified atom stereocenters. The van der Waals surface area contributed by atoms with Crippen LogP contribution in [0.25, 0.3) is 0 Å². The minimum atomic E-state index is 0. The van der Waals surface area contributed by atoms with Gasteiger partial charge in [-0.05, 0) is 0 Å². The van der Waals surface area contributed by atoms with E-state index in [2.05, 4.69) is 0 Å². The van der Waals surface area contributed by atoms with Crippen molar-refractivity contribution < 1.29 is 99.3 Å². The molecule has 0 N–H and O–H groups in total. The zero-order chi connectivity index (χ0) is 0. The molecule has 0 radical (unpaired) electrons. The van der Waals surface area contributed by atoms with E-state index in [0.29, 0.717) is 0 Å². The van der Waals surface area contributed by atoms with Crippen molar-refractivity contribution in [3.63, 3.8) is 0 Å². The van der Waals surface area contributed by atoms with Gasteiger partial charge in [0.15, 0.2) is 0 Å². The van der Waals surface area contributed by atoms with Crippen LogP contribution in [-0.4, -0.2) is 0 Å². The zero-order valence-corrected chi connectivity index (χ0v) is 10.1. The van der Waals surface area contributed by atoms with Crippen molar-refractivity contribution in [3.8, 4) is 0 Å². The van der Waals surface area contributed by atoms with Crippen molar-refractivity contribution in [2.45, 2.75) is 0 Å². The van der Waals surface area contributed by atoms with Gasteiger partial charge in [0.1, 0.15) is 0 Å². The van der Waals surface area contributed by atoms with Crippen LogP contribution in [0.15, 0.2) is 0 Å². The van der Waals surface area contributed by atoms with Gasteiger partial charge < -0.3 is 11.0 Å². The van der Waals surface area contributed by atoms with Gasteiger partial charge in [-0.3, -0.25) is 0 Å². The number of hydrogen-bond acceptors (Lipinski definition) is 0. The second kappa shape index (κ2) is 17.5. The molecule has 0 aliphatic rings. The molecule has 0 aliphatic heterocycles. The molecule has 0 saturated heterocycles. The standard InChI is InChI=1S/Cs.2O.Rh/q+1;2*-2;+3.